The summed E-state index contributed by atoms with van der Waals surface area (Å²) in [6.07, 6.45) is 1.35. The van der Waals surface area contributed by atoms with Crippen molar-refractivity contribution in [1.29, 1.82) is 0 Å². The molecule has 1 fully saturated rings. The first-order valence-corrected chi connectivity index (χ1v) is 7.31. The Morgan fingerprint density at radius 2 is 1.32 bits per heavy atom. The molecule has 6 heteroatoms. The van der Waals surface area contributed by atoms with E-state index in [9.17, 15) is 19.8 Å². The van der Waals surface area contributed by atoms with E-state index in [1.807, 2.05) is 0 Å². The maximum absolute atomic E-state index is 12.3. The van der Waals surface area contributed by atoms with Gasteiger partial charge in [0.2, 0.25) is 0 Å². The summed E-state index contributed by atoms with van der Waals surface area (Å²) in [6, 6.07) is 6.39. The zero-order chi connectivity index (χ0) is 15.8. The van der Waals surface area contributed by atoms with Crippen LogP contribution in [-0.2, 0) is 9.47 Å². The van der Waals surface area contributed by atoms with Crippen molar-refractivity contribution in [3.8, 4) is 0 Å². The average molecular weight is 306 g/mol. The van der Waals surface area contributed by atoms with Crippen LogP contribution in [0.4, 0.5) is 0 Å². The fourth-order valence-corrected chi connectivity index (χ4v) is 3.04. The average Bonchev–Trinajstić information content (AvgIpc) is 2.65. The molecule has 0 unspecified atom stereocenters. The predicted molar refractivity (Wildman–Crippen MR) is 75.1 cm³/mol. The Hall–Kier alpha value is -1.92. The van der Waals surface area contributed by atoms with Crippen molar-refractivity contribution in [1.82, 2.24) is 0 Å². The lowest BCUT2D eigenvalue weighted by atomic mass is 9.73. The molecule has 22 heavy (non-hydrogen) atoms. The van der Waals surface area contributed by atoms with Crippen molar-refractivity contribution < 1.29 is 29.3 Å². The molecule has 0 bridgehead atoms. The Balaban J connectivity index is 1.87. The van der Waals surface area contributed by atoms with E-state index in [1.165, 1.54) is 12.1 Å². The zero-order valence-electron chi connectivity index (χ0n) is 12.1. The van der Waals surface area contributed by atoms with Gasteiger partial charge in [-0.25, -0.2) is 9.59 Å². The highest BCUT2D eigenvalue weighted by Gasteiger charge is 2.49. The number of carbonyl (C=O) groups excluding carboxylic acids is 2. The van der Waals surface area contributed by atoms with E-state index in [2.05, 4.69) is 0 Å². The van der Waals surface area contributed by atoms with E-state index in [0.29, 0.717) is 12.8 Å². The second-order valence-electron chi connectivity index (χ2n) is 6.05. The summed E-state index contributed by atoms with van der Waals surface area (Å²) in [5.74, 6) is -2.47. The van der Waals surface area contributed by atoms with Crippen LogP contribution >= 0.6 is 0 Å². The van der Waals surface area contributed by atoms with E-state index in [-0.39, 0.29) is 37.2 Å². The quantitative estimate of drug-likeness (QED) is 0.799. The van der Waals surface area contributed by atoms with Crippen LogP contribution in [0, 0.1) is 5.41 Å². The van der Waals surface area contributed by atoms with Crippen LogP contribution in [0.1, 0.15) is 46.4 Å². The smallest absolute Gasteiger partial charge is 0.342 e. The molecule has 6 nitrogen and oxygen atoms in total. The monoisotopic (exact) mass is 306 g/mol. The highest BCUT2D eigenvalue weighted by Crippen LogP contribution is 2.44. The number of ether oxygens (including phenoxy) is 2. The molecule has 2 aliphatic rings. The van der Waals surface area contributed by atoms with Gasteiger partial charge >= 0.3 is 11.9 Å². The molecule has 0 atom stereocenters. The first-order chi connectivity index (χ1) is 10.5. The Morgan fingerprint density at radius 3 is 1.73 bits per heavy atom. The minimum Gasteiger partial charge on any atom is -0.419 e. The Bertz CT molecular complexity index is 555. The molecular formula is C16H18O6. The maximum Gasteiger partial charge on any atom is 0.342 e. The molecule has 3 rings (SSSR count). The van der Waals surface area contributed by atoms with Gasteiger partial charge in [0, 0.05) is 18.3 Å². The molecule has 0 radical (unpaired) electrons. The third-order valence-electron chi connectivity index (χ3n) is 4.67. The number of hydrogen-bond donors (Lipinski definition) is 2. The van der Waals surface area contributed by atoms with Crippen LogP contribution < -0.4 is 0 Å². The van der Waals surface area contributed by atoms with Crippen LogP contribution in [0.2, 0.25) is 0 Å². The number of aliphatic hydroxyl groups is 2. The van der Waals surface area contributed by atoms with Gasteiger partial charge in [0.05, 0.1) is 24.3 Å². The topological polar surface area (TPSA) is 93.1 Å². The molecule has 1 aromatic carbocycles. The van der Waals surface area contributed by atoms with Crippen LogP contribution in [0.5, 0.6) is 0 Å². The van der Waals surface area contributed by atoms with E-state index in [0.717, 1.165) is 0 Å². The molecule has 1 aliphatic heterocycles. The first-order valence-electron chi connectivity index (χ1n) is 7.31. The molecule has 2 N–H and O–H groups in total. The molecule has 1 saturated carbocycles. The molecule has 1 heterocycles. The molecule has 1 aliphatic carbocycles. The molecule has 0 amide bonds. The third kappa shape index (κ3) is 2.38. The summed E-state index contributed by atoms with van der Waals surface area (Å²) >= 11 is 0. The number of hydrogen-bond acceptors (Lipinski definition) is 6. The lowest BCUT2D eigenvalue weighted by Gasteiger charge is -2.42. The molecule has 0 aromatic heterocycles. The van der Waals surface area contributed by atoms with E-state index >= 15 is 0 Å². The van der Waals surface area contributed by atoms with Crippen molar-refractivity contribution in [2.24, 2.45) is 5.41 Å². The molecular weight excluding hydrogens is 288 g/mol. The summed E-state index contributed by atoms with van der Waals surface area (Å²) in [5, 5.41) is 18.9. The standard InChI is InChI=1S/C16H18O6/c17-9-15(10-18)5-7-16(8-6-15)21-13(19)11-3-1-2-4-12(11)14(20)22-16/h1-4,17-18H,5-10H2. The van der Waals surface area contributed by atoms with Crippen molar-refractivity contribution in [2.75, 3.05) is 13.2 Å². The van der Waals surface area contributed by atoms with Gasteiger partial charge in [0.15, 0.2) is 0 Å². The van der Waals surface area contributed by atoms with Crippen LogP contribution in [0.15, 0.2) is 24.3 Å². The molecule has 118 valence electrons. The van der Waals surface area contributed by atoms with Gasteiger partial charge in [-0.2, -0.15) is 0 Å². The van der Waals surface area contributed by atoms with Crippen molar-refractivity contribution in [2.45, 2.75) is 31.5 Å². The van der Waals surface area contributed by atoms with Crippen molar-refractivity contribution in [3.63, 3.8) is 0 Å². The normalized spacial score (nSPS) is 22.5. The van der Waals surface area contributed by atoms with Gasteiger partial charge < -0.3 is 19.7 Å². The van der Waals surface area contributed by atoms with Gasteiger partial charge in [0.25, 0.3) is 5.79 Å². The number of carbonyl (C=O) groups is 2. The van der Waals surface area contributed by atoms with Gasteiger partial charge in [-0.05, 0) is 25.0 Å². The van der Waals surface area contributed by atoms with E-state index < -0.39 is 23.1 Å². The van der Waals surface area contributed by atoms with Gasteiger partial charge in [-0.15, -0.1) is 0 Å². The lowest BCUT2D eigenvalue weighted by molar-refractivity contribution is -0.202. The van der Waals surface area contributed by atoms with Crippen molar-refractivity contribution in [3.05, 3.63) is 35.4 Å². The largest absolute Gasteiger partial charge is 0.419 e. The summed E-state index contributed by atoms with van der Waals surface area (Å²) < 4.78 is 10.9. The Kier molecular flexibility index (Phi) is 3.66. The van der Waals surface area contributed by atoms with Gasteiger partial charge in [-0.3, -0.25) is 0 Å². The van der Waals surface area contributed by atoms with Gasteiger partial charge in [0.1, 0.15) is 0 Å². The first kappa shape index (κ1) is 15.0. The molecule has 1 aromatic rings. The van der Waals surface area contributed by atoms with Crippen LogP contribution in [0.3, 0.4) is 0 Å². The summed E-state index contributed by atoms with van der Waals surface area (Å²) in [4.78, 5) is 24.5. The number of benzene rings is 1. The van der Waals surface area contributed by atoms with Gasteiger partial charge in [-0.1, -0.05) is 12.1 Å². The van der Waals surface area contributed by atoms with E-state index in [1.54, 1.807) is 12.1 Å². The summed E-state index contributed by atoms with van der Waals surface area (Å²) in [7, 11) is 0. The zero-order valence-corrected chi connectivity index (χ0v) is 12.1. The predicted octanol–water partition coefficient (Wildman–Crippen LogP) is 1.26. The minimum atomic E-state index is -1.30. The minimum absolute atomic E-state index is 0.151. The van der Waals surface area contributed by atoms with Crippen LogP contribution in [-0.4, -0.2) is 41.2 Å². The number of aliphatic hydroxyl groups excluding tert-OH is 2. The maximum atomic E-state index is 12.3. The fourth-order valence-electron chi connectivity index (χ4n) is 3.04. The summed E-state index contributed by atoms with van der Waals surface area (Å²) in [6.45, 7) is -0.302. The SMILES string of the molecule is O=C1OC2(CCC(CO)(CO)CC2)OC(=O)c2ccccc21. The third-order valence-corrected chi connectivity index (χ3v) is 4.67. The number of fused-ring (bicyclic) bond motifs is 1. The highest BCUT2D eigenvalue weighted by molar-refractivity contribution is 6.04. The van der Waals surface area contributed by atoms with Crippen molar-refractivity contribution >= 4 is 11.9 Å². The number of rotatable bonds is 2. The second-order valence-corrected chi connectivity index (χ2v) is 6.05. The van der Waals surface area contributed by atoms with E-state index in [4.69, 9.17) is 9.47 Å². The molecule has 1 spiro atoms. The highest BCUT2D eigenvalue weighted by atomic mass is 16.7. The summed E-state index contributed by atoms with van der Waals surface area (Å²) in [5.41, 5.74) is -0.209. The Morgan fingerprint density at radius 1 is 0.864 bits per heavy atom. The second kappa shape index (κ2) is 5.37. The molecule has 0 saturated heterocycles. The van der Waals surface area contributed by atoms with Crippen LogP contribution in [0.25, 0.3) is 0 Å². The Labute approximate surface area is 127 Å². The number of esters is 2. The lowest BCUT2D eigenvalue weighted by Crippen LogP contribution is -2.47. The fraction of sp³-hybridized carbons (Fsp3) is 0.500.